The lowest BCUT2D eigenvalue weighted by atomic mass is 9.95. The van der Waals surface area contributed by atoms with Crippen LogP contribution in [-0.4, -0.2) is 25.5 Å². The predicted molar refractivity (Wildman–Crippen MR) is 93.6 cm³/mol. The Morgan fingerprint density at radius 2 is 1.72 bits per heavy atom. The van der Waals surface area contributed by atoms with Crippen LogP contribution in [0.2, 0.25) is 0 Å². The first kappa shape index (κ1) is 18.6. The largest absolute Gasteiger partial charge is 0.372 e. The molecule has 2 N–H and O–H groups in total. The minimum Gasteiger partial charge on any atom is -0.372 e. The molecular weight excluding hydrogens is 323 g/mol. The van der Waals surface area contributed by atoms with Gasteiger partial charge in [0.15, 0.2) is 0 Å². The molecule has 0 bridgehead atoms. The molecule has 5 nitrogen and oxygen atoms in total. The van der Waals surface area contributed by atoms with E-state index in [4.69, 9.17) is 4.74 Å². The fourth-order valence-corrected chi connectivity index (χ4v) is 2.39. The van der Waals surface area contributed by atoms with E-state index in [2.05, 4.69) is 10.6 Å². The van der Waals surface area contributed by atoms with Gasteiger partial charge in [0.05, 0.1) is 6.54 Å². The Bertz CT molecular complexity index is 779. The van der Waals surface area contributed by atoms with Crippen molar-refractivity contribution in [3.8, 4) is 0 Å². The molecule has 0 radical (unpaired) electrons. The van der Waals surface area contributed by atoms with Crippen molar-refractivity contribution >= 4 is 17.5 Å². The van der Waals surface area contributed by atoms with E-state index < -0.39 is 23.2 Å². The fraction of sp³-hybridized carbons (Fsp3) is 0.263. The van der Waals surface area contributed by atoms with Crippen molar-refractivity contribution in [3.63, 3.8) is 0 Å². The van der Waals surface area contributed by atoms with Crippen LogP contribution in [0.1, 0.15) is 18.1 Å². The van der Waals surface area contributed by atoms with Crippen LogP contribution >= 0.6 is 0 Å². The number of benzene rings is 2. The number of amides is 2. The topological polar surface area (TPSA) is 67.4 Å². The van der Waals surface area contributed by atoms with Crippen LogP contribution in [0.15, 0.2) is 48.5 Å². The van der Waals surface area contributed by atoms with Gasteiger partial charge in [-0.1, -0.05) is 36.4 Å². The predicted octanol–water partition coefficient (Wildman–Crippen LogP) is 2.75. The third-order valence-corrected chi connectivity index (χ3v) is 4.08. The van der Waals surface area contributed by atoms with Gasteiger partial charge in [-0.25, -0.2) is 4.39 Å². The molecule has 1 unspecified atom stereocenters. The number of methoxy groups -OCH3 is 1. The number of hydrogen-bond donors (Lipinski definition) is 2. The minimum absolute atomic E-state index is 0.0511. The third kappa shape index (κ3) is 4.42. The Kier molecular flexibility index (Phi) is 5.88. The Hall–Kier alpha value is -2.73. The normalized spacial score (nSPS) is 13.0. The molecule has 2 aromatic rings. The average Bonchev–Trinajstić information content (AvgIpc) is 2.61. The molecule has 0 saturated heterocycles. The summed E-state index contributed by atoms with van der Waals surface area (Å²) in [5, 5.41) is 5.05. The first-order chi connectivity index (χ1) is 11.9. The van der Waals surface area contributed by atoms with Crippen molar-refractivity contribution in [2.45, 2.75) is 19.4 Å². The highest BCUT2D eigenvalue weighted by Crippen LogP contribution is 2.26. The second-order valence-electron chi connectivity index (χ2n) is 5.87. The first-order valence-corrected chi connectivity index (χ1v) is 7.82. The Balaban J connectivity index is 2.03. The summed E-state index contributed by atoms with van der Waals surface area (Å²) in [5.41, 5.74) is 0.615. The molecule has 0 saturated carbocycles. The number of hydrogen-bond acceptors (Lipinski definition) is 3. The van der Waals surface area contributed by atoms with Crippen LogP contribution in [0.5, 0.6) is 0 Å². The fourth-order valence-electron chi connectivity index (χ4n) is 2.39. The lowest BCUT2D eigenvalue weighted by Gasteiger charge is -2.29. The number of aryl methyl sites for hydroxylation is 1. The summed E-state index contributed by atoms with van der Waals surface area (Å²) in [6, 6.07) is 13.3. The van der Waals surface area contributed by atoms with E-state index in [-0.39, 0.29) is 6.54 Å². The van der Waals surface area contributed by atoms with Gasteiger partial charge in [0.2, 0.25) is 0 Å². The maximum Gasteiger partial charge on any atom is 0.313 e. The molecule has 0 spiro atoms. The maximum absolute atomic E-state index is 14.0. The van der Waals surface area contributed by atoms with Crippen molar-refractivity contribution in [1.29, 1.82) is 0 Å². The number of anilines is 1. The standard InChI is InChI=1S/C19H21FN2O3/c1-13-8-4-7-11-16(13)22-18(24)17(23)21-12-19(2,25-3)14-9-5-6-10-15(14)20/h4-11H,12H2,1-3H3,(H,21,23)(H,22,24). The SMILES string of the molecule is COC(C)(CNC(=O)C(=O)Nc1ccccc1C)c1ccccc1F. The Morgan fingerprint density at radius 3 is 2.36 bits per heavy atom. The van der Waals surface area contributed by atoms with Crippen molar-refractivity contribution in [1.82, 2.24) is 5.32 Å². The van der Waals surface area contributed by atoms with Crippen LogP contribution in [0.4, 0.5) is 10.1 Å². The van der Waals surface area contributed by atoms with Gasteiger partial charge in [0.1, 0.15) is 11.4 Å². The smallest absolute Gasteiger partial charge is 0.313 e. The quantitative estimate of drug-likeness (QED) is 0.820. The Morgan fingerprint density at radius 1 is 1.08 bits per heavy atom. The van der Waals surface area contributed by atoms with Gasteiger partial charge in [-0.2, -0.15) is 0 Å². The molecule has 132 valence electrons. The second-order valence-corrected chi connectivity index (χ2v) is 5.87. The molecule has 0 aliphatic heterocycles. The van der Waals surface area contributed by atoms with Crippen LogP contribution in [0, 0.1) is 12.7 Å². The van der Waals surface area contributed by atoms with Gasteiger partial charge >= 0.3 is 11.8 Å². The van der Waals surface area contributed by atoms with Gasteiger partial charge in [-0.3, -0.25) is 9.59 Å². The summed E-state index contributed by atoms with van der Waals surface area (Å²) >= 11 is 0. The number of carbonyl (C=O) groups is 2. The molecule has 0 aromatic heterocycles. The molecule has 2 rings (SSSR count). The van der Waals surface area contributed by atoms with E-state index in [0.29, 0.717) is 11.3 Å². The molecule has 6 heteroatoms. The minimum atomic E-state index is -1.09. The number of carbonyl (C=O) groups excluding carboxylic acids is 2. The molecule has 0 aliphatic rings. The molecule has 1 atom stereocenters. The lowest BCUT2D eigenvalue weighted by molar-refractivity contribution is -0.137. The van der Waals surface area contributed by atoms with E-state index >= 15 is 0 Å². The molecule has 0 aliphatic carbocycles. The lowest BCUT2D eigenvalue weighted by Crippen LogP contribution is -2.44. The Labute approximate surface area is 146 Å². The molecule has 2 amide bonds. The highest BCUT2D eigenvalue weighted by atomic mass is 19.1. The third-order valence-electron chi connectivity index (χ3n) is 4.08. The van der Waals surface area contributed by atoms with E-state index in [1.807, 2.05) is 19.1 Å². The van der Waals surface area contributed by atoms with Crippen LogP contribution in [-0.2, 0) is 19.9 Å². The number of nitrogens with one attached hydrogen (secondary N) is 2. The van der Waals surface area contributed by atoms with Gasteiger partial charge in [-0.05, 0) is 31.5 Å². The molecular formula is C19H21FN2O3. The number of halogens is 1. The van der Waals surface area contributed by atoms with E-state index in [0.717, 1.165) is 5.56 Å². The number of ether oxygens (including phenoxy) is 1. The molecule has 25 heavy (non-hydrogen) atoms. The molecule has 0 heterocycles. The van der Waals surface area contributed by atoms with Crippen molar-refractivity contribution < 1.29 is 18.7 Å². The van der Waals surface area contributed by atoms with Gasteiger partial charge in [0.25, 0.3) is 0 Å². The molecule has 0 fully saturated rings. The van der Waals surface area contributed by atoms with E-state index in [1.54, 1.807) is 37.3 Å². The summed E-state index contributed by atoms with van der Waals surface area (Å²) in [6.07, 6.45) is 0. The second kappa shape index (κ2) is 7.90. The van der Waals surface area contributed by atoms with Crippen molar-refractivity contribution in [3.05, 3.63) is 65.5 Å². The first-order valence-electron chi connectivity index (χ1n) is 7.82. The summed E-state index contributed by atoms with van der Waals surface area (Å²) in [6.45, 7) is 3.42. The van der Waals surface area contributed by atoms with Gasteiger partial charge in [-0.15, -0.1) is 0 Å². The maximum atomic E-state index is 14.0. The summed E-state index contributed by atoms with van der Waals surface area (Å²) in [5.74, 6) is -2.05. The summed E-state index contributed by atoms with van der Waals surface area (Å²) in [7, 11) is 1.42. The zero-order chi connectivity index (χ0) is 18.4. The van der Waals surface area contributed by atoms with E-state index in [9.17, 15) is 14.0 Å². The zero-order valence-electron chi connectivity index (χ0n) is 14.4. The monoisotopic (exact) mass is 344 g/mol. The van der Waals surface area contributed by atoms with Crippen LogP contribution < -0.4 is 10.6 Å². The molecule has 2 aromatic carbocycles. The van der Waals surface area contributed by atoms with Crippen molar-refractivity contribution in [2.75, 3.05) is 19.0 Å². The number of para-hydroxylation sites is 1. The van der Waals surface area contributed by atoms with E-state index in [1.165, 1.54) is 13.2 Å². The highest BCUT2D eigenvalue weighted by Gasteiger charge is 2.30. The van der Waals surface area contributed by atoms with Crippen LogP contribution in [0.3, 0.4) is 0 Å². The average molecular weight is 344 g/mol. The summed E-state index contributed by atoms with van der Waals surface area (Å²) < 4.78 is 19.4. The van der Waals surface area contributed by atoms with Crippen molar-refractivity contribution in [2.24, 2.45) is 0 Å². The van der Waals surface area contributed by atoms with Gasteiger partial charge in [0, 0.05) is 18.4 Å². The number of rotatable bonds is 5. The summed E-state index contributed by atoms with van der Waals surface area (Å²) in [4.78, 5) is 24.1. The van der Waals surface area contributed by atoms with Crippen LogP contribution in [0.25, 0.3) is 0 Å². The van der Waals surface area contributed by atoms with Gasteiger partial charge < -0.3 is 15.4 Å². The highest BCUT2D eigenvalue weighted by molar-refractivity contribution is 6.39. The zero-order valence-corrected chi connectivity index (χ0v) is 14.4.